The summed E-state index contributed by atoms with van der Waals surface area (Å²) < 4.78 is 0. The van der Waals surface area contributed by atoms with Crippen LogP contribution < -0.4 is 5.32 Å². The summed E-state index contributed by atoms with van der Waals surface area (Å²) in [6.07, 6.45) is 1.84. The second-order valence-corrected chi connectivity index (χ2v) is 5.07. The van der Waals surface area contributed by atoms with Gasteiger partial charge < -0.3 is 5.32 Å². The maximum Gasteiger partial charge on any atom is 0.135 e. The van der Waals surface area contributed by atoms with Crippen molar-refractivity contribution >= 4 is 23.1 Å². The summed E-state index contributed by atoms with van der Waals surface area (Å²) in [5, 5.41) is 3.78. The molecule has 0 spiro atoms. The standard InChI is InChI=1S/C15H18ClN3/c1-4-5-14-18-13(16)9-15(19-14)17-12-7-6-10(2)8-11(12)3/h6-9H,4-5H2,1-3H3,(H,17,18,19). The highest BCUT2D eigenvalue weighted by molar-refractivity contribution is 6.29. The van der Waals surface area contributed by atoms with E-state index in [0.29, 0.717) is 5.15 Å². The second kappa shape index (κ2) is 6.02. The van der Waals surface area contributed by atoms with Crippen molar-refractivity contribution in [3.05, 3.63) is 46.4 Å². The van der Waals surface area contributed by atoms with Crippen LogP contribution in [0.2, 0.25) is 5.15 Å². The molecule has 0 bridgehead atoms. The number of nitrogens with one attached hydrogen (secondary N) is 1. The van der Waals surface area contributed by atoms with Crippen molar-refractivity contribution in [3.63, 3.8) is 0 Å². The second-order valence-electron chi connectivity index (χ2n) is 4.69. The van der Waals surface area contributed by atoms with Crippen molar-refractivity contribution in [2.24, 2.45) is 0 Å². The van der Waals surface area contributed by atoms with Crippen molar-refractivity contribution in [3.8, 4) is 0 Å². The van der Waals surface area contributed by atoms with Crippen LogP contribution in [0.1, 0.15) is 30.3 Å². The van der Waals surface area contributed by atoms with Crippen LogP contribution in [0.25, 0.3) is 0 Å². The average molecular weight is 276 g/mol. The number of aromatic nitrogens is 2. The highest BCUT2D eigenvalue weighted by Gasteiger charge is 2.05. The zero-order valence-corrected chi connectivity index (χ0v) is 12.3. The lowest BCUT2D eigenvalue weighted by molar-refractivity contribution is 0.837. The molecule has 0 aliphatic heterocycles. The topological polar surface area (TPSA) is 37.8 Å². The summed E-state index contributed by atoms with van der Waals surface area (Å²) in [6, 6.07) is 8.02. The maximum absolute atomic E-state index is 6.03. The summed E-state index contributed by atoms with van der Waals surface area (Å²) in [6.45, 7) is 6.25. The van der Waals surface area contributed by atoms with Crippen molar-refractivity contribution in [1.82, 2.24) is 9.97 Å². The first-order chi connectivity index (χ1) is 9.08. The molecule has 0 amide bonds. The quantitative estimate of drug-likeness (QED) is 0.838. The lowest BCUT2D eigenvalue weighted by Crippen LogP contribution is -2.01. The summed E-state index contributed by atoms with van der Waals surface area (Å²) in [7, 11) is 0. The van der Waals surface area contributed by atoms with E-state index in [1.807, 2.05) is 0 Å². The Hall–Kier alpha value is -1.61. The number of nitrogens with zero attached hydrogens (tertiary/aromatic N) is 2. The Morgan fingerprint density at radius 2 is 1.95 bits per heavy atom. The fraction of sp³-hybridized carbons (Fsp3) is 0.333. The molecule has 1 aromatic carbocycles. The molecule has 0 unspecified atom stereocenters. The van der Waals surface area contributed by atoms with Gasteiger partial charge in [-0.05, 0) is 31.9 Å². The zero-order valence-electron chi connectivity index (χ0n) is 11.5. The summed E-state index contributed by atoms with van der Waals surface area (Å²) in [5.74, 6) is 1.53. The van der Waals surface area contributed by atoms with Crippen molar-refractivity contribution in [2.75, 3.05) is 5.32 Å². The number of rotatable bonds is 4. The van der Waals surface area contributed by atoms with Crippen LogP contribution in [-0.2, 0) is 6.42 Å². The van der Waals surface area contributed by atoms with E-state index in [9.17, 15) is 0 Å². The lowest BCUT2D eigenvalue weighted by atomic mass is 10.1. The van der Waals surface area contributed by atoms with Gasteiger partial charge in [0.25, 0.3) is 0 Å². The van der Waals surface area contributed by atoms with Gasteiger partial charge in [-0.3, -0.25) is 0 Å². The molecule has 0 aliphatic carbocycles. The van der Waals surface area contributed by atoms with Crippen LogP contribution in [0.15, 0.2) is 24.3 Å². The molecule has 0 aliphatic rings. The predicted molar refractivity (Wildman–Crippen MR) is 80.2 cm³/mol. The van der Waals surface area contributed by atoms with E-state index in [1.165, 1.54) is 11.1 Å². The van der Waals surface area contributed by atoms with Gasteiger partial charge in [-0.1, -0.05) is 36.2 Å². The molecule has 2 rings (SSSR count). The van der Waals surface area contributed by atoms with E-state index in [4.69, 9.17) is 11.6 Å². The fourth-order valence-corrected chi connectivity index (χ4v) is 2.16. The zero-order chi connectivity index (χ0) is 13.8. The Morgan fingerprint density at radius 1 is 1.16 bits per heavy atom. The molecule has 1 aromatic heterocycles. The minimum atomic E-state index is 0.478. The van der Waals surface area contributed by atoms with Crippen LogP contribution >= 0.6 is 11.6 Å². The first kappa shape index (κ1) is 13.8. The van der Waals surface area contributed by atoms with Gasteiger partial charge in [-0.25, -0.2) is 9.97 Å². The third-order valence-corrected chi connectivity index (χ3v) is 3.05. The third kappa shape index (κ3) is 3.67. The Morgan fingerprint density at radius 3 is 2.63 bits per heavy atom. The number of halogens is 1. The van der Waals surface area contributed by atoms with Gasteiger partial charge >= 0.3 is 0 Å². The number of benzene rings is 1. The summed E-state index contributed by atoms with van der Waals surface area (Å²) in [5.41, 5.74) is 3.48. The van der Waals surface area contributed by atoms with Gasteiger partial charge in [0.1, 0.15) is 16.8 Å². The van der Waals surface area contributed by atoms with Gasteiger partial charge in [0.15, 0.2) is 0 Å². The fourth-order valence-electron chi connectivity index (χ4n) is 1.96. The molecule has 3 nitrogen and oxygen atoms in total. The largest absolute Gasteiger partial charge is 0.340 e. The summed E-state index contributed by atoms with van der Waals surface area (Å²) in [4.78, 5) is 8.69. The highest BCUT2D eigenvalue weighted by atomic mass is 35.5. The van der Waals surface area contributed by atoms with Crippen molar-refractivity contribution < 1.29 is 0 Å². The molecule has 0 fully saturated rings. The van der Waals surface area contributed by atoms with Crippen LogP contribution in [0.5, 0.6) is 0 Å². The molecular weight excluding hydrogens is 258 g/mol. The minimum absolute atomic E-state index is 0.478. The lowest BCUT2D eigenvalue weighted by Gasteiger charge is -2.10. The van der Waals surface area contributed by atoms with E-state index in [2.05, 4.69) is 54.3 Å². The minimum Gasteiger partial charge on any atom is -0.340 e. The first-order valence-corrected chi connectivity index (χ1v) is 6.84. The molecule has 4 heteroatoms. The summed E-state index contributed by atoms with van der Waals surface area (Å²) >= 11 is 6.03. The molecule has 1 N–H and O–H groups in total. The number of anilines is 2. The average Bonchev–Trinajstić information content (AvgIpc) is 2.32. The first-order valence-electron chi connectivity index (χ1n) is 6.46. The normalized spacial score (nSPS) is 10.5. The van der Waals surface area contributed by atoms with Crippen LogP contribution in [0.4, 0.5) is 11.5 Å². The van der Waals surface area contributed by atoms with E-state index in [1.54, 1.807) is 6.07 Å². The van der Waals surface area contributed by atoms with Gasteiger partial charge in [0.05, 0.1) is 0 Å². The number of hydrogen-bond acceptors (Lipinski definition) is 3. The molecule has 0 radical (unpaired) electrons. The molecule has 0 saturated carbocycles. The van der Waals surface area contributed by atoms with Gasteiger partial charge in [0.2, 0.25) is 0 Å². The van der Waals surface area contributed by atoms with Gasteiger partial charge in [-0.15, -0.1) is 0 Å². The van der Waals surface area contributed by atoms with E-state index < -0.39 is 0 Å². The van der Waals surface area contributed by atoms with E-state index >= 15 is 0 Å². The molecular formula is C15H18ClN3. The van der Waals surface area contributed by atoms with Gasteiger partial charge in [0, 0.05) is 18.2 Å². The van der Waals surface area contributed by atoms with Crippen LogP contribution in [0, 0.1) is 13.8 Å². The highest BCUT2D eigenvalue weighted by Crippen LogP contribution is 2.22. The molecule has 0 saturated heterocycles. The predicted octanol–water partition coefficient (Wildman–Crippen LogP) is 4.44. The monoisotopic (exact) mass is 275 g/mol. The number of hydrogen-bond donors (Lipinski definition) is 1. The SMILES string of the molecule is CCCc1nc(Cl)cc(Nc2ccc(C)cc2C)n1. The molecule has 2 aromatic rings. The maximum atomic E-state index is 6.03. The Balaban J connectivity index is 2.27. The molecule has 0 atom stereocenters. The van der Waals surface area contributed by atoms with E-state index in [0.717, 1.165) is 30.2 Å². The Kier molecular flexibility index (Phi) is 4.38. The smallest absolute Gasteiger partial charge is 0.135 e. The number of aryl methyl sites for hydroxylation is 3. The molecule has 19 heavy (non-hydrogen) atoms. The van der Waals surface area contributed by atoms with Crippen LogP contribution in [0.3, 0.4) is 0 Å². The van der Waals surface area contributed by atoms with Crippen molar-refractivity contribution in [1.29, 1.82) is 0 Å². The Bertz CT molecular complexity index is 582. The molecule has 100 valence electrons. The van der Waals surface area contributed by atoms with Gasteiger partial charge in [-0.2, -0.15) is 0 Å². The van der Waals surface area contributed by atoms with Crippen LogP contribution in [-0.4, -0.2) is 9.97 Å². The third-order valence-electron chi connectivity index (χ3n) is 2.86. The van der Waals surface area contributed by atoms with Crippen molar-refractivity contribution in [2.45, 2.75) is 33.6 Å². The van der Waals surface area contributed by atoms with E-state index in [-0.39, 0.29) is 0 Å². The molecule has 1 heterocycles. The Labute approximate surface area is 119 Å².